The molecule has 0 bridgehead atoms. The van der Waals surface area contributed by atoms with Gasteiger partial charge in [0.2, 0.25) is 5.96 Å². The SMILES string of the molecule is COc1ccc(OC(F)F)cc1N=C(NC#N)N1CC(NC(=O)O)C(c2ccc(Cl)c(Cl)c2)=N1. The van der Waals surface area contributed by atoms with Crippen LogP contribution in [0.15, 0.2) is 46.5 Å². The Kier molecular flexibility index (Phi) is 7.93. The largest absolute Gasteiger partial charge is 0.494 e. The lowest BCUT2D eigenvalue weighted by atomic mass is 10.0. The van der Waals surface area contributed by atoms with Crippen LogP contribution in [0.5, 0.6) is 11.5 Å². The Morgan fingerprint density at radius 1 is 1.32 bits per heavy atom. The van der Waals surface area contributed by atoms with Gasteiger partial charge in [0.15, 0.2) is 6.19 Å². The summed E-state index contributed by atoms with van der Waals surface area (Å²) in [4.78, 5) is 15.6. The molecule has 1 heterocycles. The minimum Gasteiger partial charge on any atom is -0.494 e. The van der Waals surface area contributed by atoms with Crippen LogP contribution in [0.4, 0.5) is 19.3 Å². The summed E-state index contributed by atoms with van der Waals surface area (Å²) in [5.41, 5.74) is 0.825. The summed E-state index contributed by atoms with van der Waals surface area (Å²) in [6, 6.07) is 7.66. The van der Waals surface area contributed by atoms with Crippen LogP contribution in [0.1, 0.15) is 5.56 Å². The number of rotatable bonds is 6. The highest BCUT2D eigenvalue weighted by Crippen LogP contribution is 2.33. The summed E-state index contributed by atoms with van der Waals surface area (Å²) in [5, 5.41) is 29.3. The van der Waals surface area contributed by atoms with Crippen molar-refractivity contribution in [2.75, 3.05) is 13.7 Å². The van der Waals surface area contributed by atoms with Crippen LogP contribution < -0.4 is 20.1 Å². The second kappa shape index (κ2) is 10.9. The van der Waals surface area contributed by atoms with Gasteiger partial charge in [-0.05, 0) is 24.3 Å². The number of aliphatic imine (C=N–C) groups is 1. The first-order valence-corrected chi connectivity index (χ1v) is 10.1. The van der Waals surface area contributed by atoms with Gasteiger partial charge in [-0.1, -0.05) is 29.3 Å². The van der Waals surface area contributed by atoms with Crippen molar-refractivity contribution in [3.8, 4) is 17.7 Å². The lowest BCUT2D eigenvalue weighted by molar-refractivity contribution is -0.0498. The summed E-state index contributed by atoms with van der Waals surface area (Å²) in [6.07, 6.45) is 0.416. The highest BCUT2D eigenvalue weighted by atomic mass is 35.5. The highest BCUT2D eigenvalue weighted by molar-refractivity contribution is 6.42. The van der Waals surface area contributed by atoms with E-state index in [-0.39, 0.29) is 40.4 Å². The fourth-order valence-corrected chi connectivity index (χ4v) is 3.36. The highest BCUT2D eigenvalue weighted by Gasteiger charge is 2.32. The van der Waals surface area contributed by atoms with Crippen molar-refractivity contribution in [2.45, 2.75) is 12.7 Å². The van der Waals surface area contributed by atoms with Crippen molar-refractivity contribution in [1.29, 1.82) is 5.26 Å². The molecule has 0 fully saturated rings. The first-order valence-electron chi connectivity index (χ1n) is 9.39. The van der Waals surface area contributed by atoms with E-state index in [4.69, 9.17) is 27.9 Å². The number of nitrogens with one attached hydrogen (secondary N) is 2. The van der Waals surface area contributed by atoms with E-state index in [9.17, 15) is 23.9 Å². The van der Waals surface area contributed by atoms with Crippen molar-refractivity contribution in [3.05, 3.63) is 52.0 Å². The Bertz CT molecular complexity index is 1190. The van der Waals surface area contributed by atoms with Crippen molar-refractivity contribution in [1.82, 2.24) is 15.6 Å². The Hall–Kier alpha value is -3.82. The Labute approximate surface area is 202 Å². The molecule has 0 radical (unpaired) electrons. The van der Waals surface area contributed by atoms with Crippen LogP contribution >= 0.6 is 23.2 Å². The van der Waals surface area contributed by atoms with E-state index in [2.05, 4.69) is 25.5 Å². The molecule has 2 aromatic carbocycles. The normalized spacial score (nSPS) is 15.6. The molecule has 0 aliphatic carbocycles. The second-order valence-electron chi connectivity index (χ2n) is 6.58. The second-order valence-corrected chi connectivity index (χ2v) is 7.40. The smallest absolute Gasteiger partial charge is 0.405 e. The molecule has 0 spiro atoms. The van der Waals surface area contributed by atoms with Crippen LogP contribution in [0.3, 0.4) is 0 Å². The van der Waals surface area contributed by atoms with E-state index in [1.54, 1.807) is 12.3 Å². The lowest BCUT2D eigenvalue weighted by Gasteiger charge is -2.17. The van der Waals surface area contributed by atoms with Crippen LogP contribution in [0, 0.1) is 11.5 Å². The van der Waals surface area contributed by atoms with Gasteiger partial charge in [0, 0.05) is 11.6 Å². The Morgan fingerprint density at radius 3 is 2.71 bits per heavy atom. The number of benzene rings is 2. The number of ether oxygens (including phenoxy) is 2. The fraction of sp³-hybridized carbons (Fsp3) is 0.200. The maximum atomic E-state index is 12.6. The molecule has 3 rings (SSSR count). The Balaban J connectivity index is 2.04. The molecule has 1 aliphatic rings. The molecule has 0 aromatic heterocycles. The van der Waals surface area contributed by atoms with E-state index in [1.165, 1.54) is 42.5 Å². The molecule has 34 heavy (non-hydrogen) atoms. The molecule has 1 amide bonds. The van der Waals surface area contributed by atoms with Crippen LogP contribution in [0.2, 0.25) is 10.0 Å². The molecule has 2 aromatic rings. The number of hydrogen-bond donors (Lipinski definition) is 3. The predicted octanol–water partition coefficient (Wildman–Crippen LogP) is 4.02. The number of nitrogens with zero attached hydrogens (tertiary/aromatic N) is 4. The van der Waals surface area contributed by atoms with Gasteiger partial charge in [0.05, 0.1) is 35.5 Å². The minimum atomic E-state index is -3.05. The summed E-state index contributed by atoms with van der Waals surface area (Å²) in [7, 11) is 1.35. The molecule has 3 N–H and O–H groups in total. The number of carbonyl (C=O) groups is 1. The lowest BCUT2D eigenvalue weighted by Crippen LogP contribution is -2.44. The van der Waals surface area contributed by atoms with Gasteiger partial charge in [0.1, 0.15) is 17.2 Å². The van der Waals surface area contributed by atoms with Crippen molar-refractivity contribution in [2.24, 2.45) is 10.1 Å². The van der Waals surface area contributed by atoms with Gasteiger partial charge in [-0.2, -0.15) is 19.1 Å². The van der Waals surface area contributed by atoms with E-state index in [0.717, 1.165) is 0 Å². The molecule has 14 heteroatoms. The number of amides is 1. The quantitative estimate of drug-likeness (QED) is 0.230. The molecule has 0 saturated heterocycles. The summed E-state index contributed by atoms with van der Waals surface area (Å²) in [6.45, 7) is -3.10. The van der Waals surface area contributed by atoms with Gasteiger partial charge < -0.3 is 19.9 Å². The molecule has 178 valence electrons. The van der Waals surface area contributed by atoms with E-state index < -0.39 is 18.7 Å². The third-order valence-corrected chi connectivity index (χ3v) is 5.18. The number of carboxylic acid groups (broad SMARTS) is 1. The van der Waals surface area contributed by atoms with Gasteiger partial charge >= 0.3 is 12.7 Å². The fourth-order valence-electron chi connectivity index (χ4n) is 3.06. The van der Waals surface area contributed by atoms with E-state index in [1.807, 2.05) is 0 Å². The predicted molar refractivity (Wildman–Crippen MR) is 120 cm³/mol. The van der Waals surface area contributed by atoms with Crippen molar-refractivity contribution >= 4 is 46.7 Å². The molecule has 1 aliphatic heterocycles. The minimum absolute atomic E-state index is 0.0507. The number of hydrogen-bond acceptors (Lipinski definition) is 6. The van der Waals surface area contributed by atoms with E-state index in [0.29, 0.717) is 10.6 Å². The summed E-state index contributed by atoms with van der Waals surface area (Å²) >= 11 is 12.1. The average molecular weight is 513 g/mol. The zero-order chi connectivity index (χ0) is 24.8. The van der Waals surface area contributed by atoms with Gasteiger partial charge in [0.25, 0.3) is 0 Å². The summed E-state index contributed by atoms with van der Waals surface area (Å²) < 4.78 is 34.8. The number of alkyl halides is 2. The van der Waals surface area contributed by atoms with Crippen LogP contribution in [-0.2, 0) is 0 Å². The first-order chi connectivity index (χ1) is 16.2. The molecular formula is C20H16Cl2F2N6O4. The number of halogens is 4. The van der Waals surface area contributed by atoms with E-state index >= 15 is 0 Å². The van der Waals surface area contributed by atoms with Gasteiger partial charge in [-0.15, -0.1) is 0 Å². The molecule has 1 unspecified atom stereocenters. The first kappa shape index (κ1) is 24.8. The number of nitriles is 1. The maximum Gasteiger partial charge on any atom is 0.405 e. The third kappa shape index (κ3) is 5.94. The maximum absolute atomic E-state index is 12.6. The van der Waals surface area contributed by atoms with Gasteiger partial charge in [-0.3, -0.25) is 5.32 Å². The zero-order valence-corrected chi connectivity index (χ0v) is 18.8. The number of guanidine groups is 1. The summed E-state index contributed by atoms with van der Waals surface area (Å²) in [5.74, 6) is -0.105. The molecule has 1 atom stereocenters. The van der Waals surface area contributed by atoms with Crippen LogP contribution in [0.25, 0.3) is 0 Å². The standard InChI is InChI=1S/C20H16Cl2F2N6O4/c1-33-16-5-3-11(34-18(23)24)7-14(16)27-19(26-9-25)30-8-15(28-20(31)32)17(29-30)10-2-4-12(21)13(22)6-10/h2-7,15,18,28H,8H2,1H3,(H,26,27)(H,31,32). The van der Waals surface area contributed by atoms with Gasteiger partial charge in [-0.25, -0.2) is 14.8 Å². The van der Waals surface area contributed by atoms with Crippen LogP contribution in [-0.4, -0.2) is 54.2 Å². The average Bonchev–Trinajstić information content (AvgIpc) is 3.18. The third-order valence-electron chi connectivity index (χ3n) is 4.44. The molecular weight excluding hydrogens is 497 g/mol. The zero-order valence-electron chi connectivity index (χ0n) is 17.3. The van der Waals surface area contributed by atoms with Crippen molar-refractivity contribution < 1.29 is 28.2 Å². The topological polar surface area (TPSA) is 132 Å². The monoisotopic (exact) mass is 512 g/mol. The molecule has 10 nitrogen and oxygen atoms in total. The molecule has 0 saturated carbocycles. The van der Waals surface area contributed by atoms with Crippen molar-refractivity contribution in [3.63, 3.8) is 0 Å². The Morgan fingerprint density at radius 2 is 2.09 bits per heavy atom. The number of methoxy groups -OCH3 is 1. The number of hydrazone groups is 1.